The topological polar surface area (TPSA) is 66.0 Å². The van der Waals surface area contributed by atoms with Crippen LogP contribution in [-0.2, 0) is 9.53 Å². The van der Waals surface area contributed by atoms with Gasteiger partial charge in [0.1, 0.15) is 6.54 Å². The number of guanidine groups is 1. The van der Waals surface area contributed by atoms with Crippen molar-refractivity contribution in [1.29, 1.82) is 0 Å². The van der Waals surface area contributed by atoms with Crippen LogP contribution >= 0.6 is 24.0 Å². The van der Waals surface area contributed by atoms with Crippen molar-refractivity contribution in [3.63, 3.8) is 0 Å². The number of halogens is 1. The van der Waals surface area contributed by atoms with Crippen LogP contribution in [0.4, 0.5) is 0 Å². The van der Waals surface area contributed by atoms with Crippen molar-refractivity contribution in [3.8, 4) is 0 Å². The highest BCUT2D eigenvalue weighted by atomic mass is 127. The molecule has 19 heavy (non-hydrogen) atoms. The fraction of sp³-hybridized carbons (Fsp3) is 0.667. The molecule has 0 aliphatic heterocycles. The van der Waals surface area contributed by atoms with E-state index in [0.717, 1.165) is 5.57 Å². The molecule has 0 atom stereocenters. The van der Waals surface area contributed by atoms with E-state index in [2.05, 4.69) is 22.2 Å². The number of carbonyl (C=O) groups is 1. The average molecular weight is 384 g/mol. The van der Waals surface area contributed by atoms with Gasteiger partial charge in [-0.15, -0.1) is 24.0 Å². The highest BCUT2D eigenvalue weighted by molar-refractivity contribution is 14.0. The quantitative estimate of drug-likeness (QED) is 0.220. The summed E-state index contributed by atoms with van der Waals surface area (Å²) in [5.41, 5.74) is 0.996. The number of hydrogen-bond donors (Lipinski definition) is 2. The maximum Gasteiger partial charge on any atom is 0.243 e. The van der Waals surface area contributed by atoms with E-state index >= 15 is 0 Å². The predicted molar refractivity (Wildman–Crippen MR) is 89.1 cm³/mol. The number of ether oxygens (including phenoxy) is 1. The van der Waals surface area contributed by atoms with Crippen molar-refractivity contribution in [2.24, 2.45) is 4.99 Å². The molecule has 1 amide bonds. The summed E-state index contributed by atoms with van der Waals surface area (Å²) in [6.07, 6.45) is 0. The Morgan fingerprint density at radius 2 is 2.00 bits per heavy atom. The molecule has 7 heteroatoms. The maximum atomic E-state index is 11.4. The Balaban J connectivity index is 0. The van der Waals surface area contributed by atoms with E-state index in [1.807, 2.05) is 6.92 Å². The van der Waals surface area contributed by atoms with Gasteiger partial charge in [-0.25, -0.2) is 4.99 Å². The highest BCUT2D eigenvalue weighted by Crippen LogP contribution is 1.84. The smallest absolute Gasteiger partial charge is 0.243 e. The summed E-state index contributed by atoms with van der Waals surface area (Å²) in [6, 6.07) is 0. The molecule has 0 radical (unpaired) electrons. The van der Waals surface area contributed by atoms with Crippen LogP contribution in [0, 0.1) is 0 Å². The monoisotopic (exact) mass is 384 g/mol. The molecule has 0 bridgehead atoms. The first-order valence-corrected chi connectivity index (χ1v) is 5.83. The molecule has 0 saturated heterocycles. The first kappa shape index (κ1) is 20.5. The van der Waals surface area contributed by atoms with Gasteiger partial charge in [-0.1, -0.05) is 12.2 Å². The van der Waals surface area contributed by atoms with E-state index in [1.165, 1.54) is 4.90 Å². The Kier molecular flexibility index (Phi) is 13.2. The third-order valence-electron chi connectivity index (χ3n) is 2.03. The highest BCUT2D eigenvalue weighted by Gasteiger charge is 2.04. The summed E-state index contributed by atoms with van der Waals surface area (Å²) < 4.78 is 4.94. The Bertz CT molecular complexity index is 306. The first-order valence-electron chi connectivity index (χ1n) is 5.83. The summed E-state index contributed by atoms with van der Waals surface area (Å²) >= 11 is 0. The molecule has 0 aromatic carbocycles. The lowest BCUT2D eigenvalue weighted by Crippen LogP contribution is -2.40. The zero-order valence-electron chi connectivity index (χ0n) is 12.2. The molecule has 0 unspecified atom stereocenters. The Morgan fingerprint density at radius 3 is 2.47 bits per heavy atom. The zero-order chi connectivity index (χ0) is 14.0. The minimum absolute atomic E-state index is 0. The fourth-order valence-corrected chi connectivity index (χ4v) is 0.969. The summed E-state index contributed by atoms with van der Waals surface area (Å²) in [4.78, 5) is 17.1. The van der Waals surface area contributed by atoms with Crippen LogP contribution in [0.25, 0.3) is 0 Å². The average Bonchev–Trinajstić information content (AvgIpc) is 2.31. The third-order valence-corrected chi connectivity index (χ3v) is 2.03. The van der Waals surface area contributed by atoms with Gasteiger partial charge in [0.15, 0.2) is 5.96 Å². The maximum absolute atomic E-state index is 11.4. The molecule has 0 aliphatic rings. The Hall–Kier alpha value is -0.830. The summed E-state index contributed by atoms with van der Waals surface area (Å²) in [5, 5.41) is 6.16. The molecule has 0 aromatic rings. The normalized spacial score (nSPS) is 10.4. The Morgan fingerprint density at radius 1 is 1.37 bits per heavy atom. The van der Waals surface area contributed by atoms with E-state index in [0.29, 0.717) is 25.7 Å². The minimum atomic E-state index is -0.0434. The summed E-state index contributed by atoms with van der Waals surface area (Å²) in [6.45, 7) is 7.67. The largest absolute Gasteiger partial charge is 0.383 e. The fourth-order valence-electron chi connectivity index (χ4n) is 0.969. The number of likely N-dealkylation sites (N-methyl/N-ethyl adjacent to an activating group) is 1. The number of nitrogens with one attached hydrogen (secondary N) is 2. The lowest BCUT2D eigenvalue weighted by atomic mass is 10.3. The number of rotatable bonds is 7. The molecule has 2 N–H and O–H groups in total. The van der Waals surface area contributed by atoms with E-state index in [9.17, 15) is 4.79 Å². The number of aliphatic imine (C=N–C) groups is 1. The minimum Gasteiger partial charge on any atom is -0.383 e. The molecular formula is C12H25IN4O2. The number of carbonyl (C=O) groups excluding carboxylic acids is 1. The van der Waals surface area contributed by atoms with Crippen LogP contribution in [0.5, 0.6) is 0 Å². The molecule has 0 saturated carbocycles. The lowest BCUT2D eigenvalue weighted by Gasteiger charge is -2.13. The number of nitrogens with zero attached hydrogens (tertiary/aromatic N) is 2. The van der Waals surface area contributed by atoms with Crippen LogP contribution in [0.15, 0.2) is 17.1 Å². The van der Waals surface area contributed by atoms with Gasteiger partial charge in [-0.2, -0.15) is 0 Å². The molecule has 112 valence electrons. The van der Waals surface area contributed by atoms with E-state index in [-0.39, 0.29) is 36.4 Å². The Labute approximate surface area is 132 Å². The number of hydrogen-bond acceptors (Lipinski definition) is 3. The number of methoxy groups -OCH3 is 1. The SMILES string of the molecule is C=C(C)CNC(=NCC(=O)N(C)C)NCCOC.I. The van der Waals surface area contributed by atoms with Crippen molar-refractivity contribution in [2.75, 3.05) is 47.4 Å². The van der Waals surface area contributed by atoms with Gasteiger partial charge < -0.3 is 20.3 Å². The molecule has 0 fully saturated rings. The van der Waals surface area contributed by atoms with Crippen molar-refractivity contribution < 1.29 is 9.53 Å². The van der Waals surface area contributed by atoms with Crippen LogP contribution in [0.3, 0.4) is 0 Å². The predicted octanol–water partition coefficient (Wildman–Crippen LogP) is 0.450. The van der Waals surface area contributed by atoms with E-state index in [4.69, 9.17) is 4.74 Å². The second kappa shape index (κ2) is 12.2. The number of amides is 1. The zero-order valence-corrected chi connectivity index (χ0v) is 14.5. The van der Waals surface area contributed by atoms with E-state index < -0.39 is 0 Å². The summed E-state index contributed by atoms with van der Waals surface area (Å²) in [5.74, 6) is 0.545. The van der Waals surface area contributed by atoms with E-state index in [1.54, 1.807) is 21.2 Å². The van der Waals surface area contributed by atoms with Gasteiger partial charge in [0.05, 0.1) is 6.61 Å². The van der Waals surface area contributed by atoms with Crippen molar-refractivity contribution in [2.45, 2.75) is 6.92 Å². The van der Waals surface area contributed by atoms with Crippen LogP contribution < -0.4 is 10.6 Å². The molecule has 0 aliphatic carbocycles. The first-order chi connectivity index (χ1) is 8.47. The van der Waals surface area contributed by atoms with Crippen molar-refractivity contribution >= 4 is 35.8 Å². The molecule has 0 heterocycles. The van der Waals surface area contributed by atoms with Crippen LogP contribution in [0.2, 0.25) is 0 Å². The van der Waals surface area contributed by atoms with Gasteiger partial charge in [0, 0.05) is 34.3 Å². The van der Waals surface area contributed by atoms with Gasteiger partial charge in [0.25, 0.3) is 0 Å². The second-order valence-corrected chi connectivity index (χ2v) is 4.18. The van der Waals surface area contributed by atoms with Gasteiger partial charge >= 0.3 is 0 Å². The molecule has 6 nitrogen and oxygen atoms in total. The summed E-state index contributed by atoms with van der Waals surface area (Å²) in [7, 11) is 5.05. The molecule has 0 spiro atoms. The van der Waals surface area contributed by atoms with Crippen LogP contribution in [-0.4, -0.2) is 64.2 Å². The standard InChI is InChI=1S/C12H24N4O2.HI/c1-10(2)8-14-12(13-6-7-18-5)15-9-11(17)16(3)4;/h1,6-9H2,2-5H3,(H2,13,14,15);1H. The molecule has 0 aromatic heterocycles. The lowest BCUT2D eigenvalue weighted by molar-refractivity contribution is -0.127. The third kappa shape index (κ3) is 12.0. The second-order valence-electron chi connectivity index (χ2n) is 4.18. The van der Waals surface area contributed by atoms with Crippen LogP contribution in [0.1, 0.15) is 6.92 Å². The van der Waals surface area contributed by atoms with Gasteiger partial charge in [-0.05, 0) is 6.92 Å². The van der Waals surface area contributed by atoms with Crippen molar-refractivity contribution in [1.82, 2.24) is 15.5 Å². The van der Waals surface area contributed by atoms with Gasteiger partial charge in [0.2, 0.25) is 5.91 Å². The van der Waals surface area contributed by atoms with Crippen molar-refractivity contribution in [3.05, 3.63) is 12.2 Å². The molecule has 0 rings (SSSR count). The molecular weight excluding hydrogens is 359 g/mol. The van der Waals surface area contributed by atoms with Gasteiger partial charge in [-0.3, -0.25) is 4.79 Å².